The van der Waals surface area contributed by atoms with Gasteiger partial charge in [0, 0.05) is 57.7 Å². The third-order valence-corrected chi connectivity index (χ3v) is 5.26. The van der Waals surface area contributed by atoms with E-state index in [4.69, 9.17) is 0 Å². The molecule has 2 aliphatic rings. The quantitative estimate of drug-likeness (QED) is 0.550. The maximum Gasteiger partial charge on any atom is 0.251 e. The highest BCUT2D eigenvalue weighted by Crippen LogP contribution is 2.35. The Morgan fingerprint density at radius 3 is 2.73 bits per heavy atom. The molecule has 7 heteroatoms. The summed E-state index contributed by atoms with van der Waals surface area (Å²) in [5.74, 6) is 0.934. The highest BCUT2D eigenvalue weighted by molar-refractivity contribution is 5.94. The molecule has 140 valence electrons. The van der Waals surface area contributed by atoms with Crippen molar-refractivity contribution in [3.63, 3.8) is 0 Å². The number of carbonyl (C=O) groups is 2. The van der Waals surface area contributed by atoms with Crippen LogP contribution in [0.2, 0.25) is 0 Å². The van der Waals surface area contributed by atoms with Gasteiger partial charge in [-0.2, -0.15) is 0 Å². The molecule has 2 saturated heterocycles. The van der Waals surface area contributed by atoms with E-state index >= 15 is 0 Å². The van der Waals surface area contributed by atoms with Gasteiger partial charge in [-0.15, -0.1) is 0 Å². The molecule has 7 nitrogen and oxygen atoms in total. The summed E-state index contributed by atoms with van der Waals surface area (Å²) in [6, 6.07) is 7.54. The lowest BCUT2D eigenvalue weighted by Crippen LogP contribution is -2.51. The van der Waals surface area contributed by atoms with Crippen LogP contribution in [0.3, 0.4) is 0 Å². The van der Waals surface area contributed by atoms with Crippen molar-refractivity contribution in [2.75, 3.05) is 33.7 Å². The Morgan fingerprint density at radius 2 is 2.12 bits per heavy atom. The van der Waals surface area contributed by atoms with Crippen molar-refractivity contribution in [1.82, 2.24) is 20.9 Å². The number of amides is 2. The van der Waals surface area contributed by atoms with Gasteiger partial charge >= 0.3 is 0 Å². The number of piperidine rings is 1. The van der Waals surface area contributed by atoms with Crippen LogP contribution in [0.5, 0.6) is 0 Å². The lowest BCUT2D eigenvalue weighted by molar-refractivity contribution is -0.119. The van der Waals surface area contributed by atoms with Crippen molar-refractivity contribution in [3.05, 3.63) is 35.4 Å². The van der Waals surface area contributed by atoms with Crippen LogP contribution in [0.25, 0.3) is 0 Å². The molecule has 2 aliphatic heterocycles. The van der Waals surface area contributed by atoms with E-state index in [0.29, 0.717) is 18.5 Å². The fourth-order valence-corrected chi connectivity index (χ4v) is 3.86. The third-order valence-electron chi connectivity index (χ3n) is 5.26. The second-order valence-electron chi connectivity index (χ2n) is 7.16. The predicted molar refractivity (Wildman–Crippen MR) is 101 cm³/mol. The van der Waals surface area contributed by atoms with Crippen LogP contribution < -0.4 is 16.0 Å². The van der Waals surface area contributed by atoms with Crippen LogP contribution in [-0.2, 0) is 11.3 Å². The molecule has 1 unspecified atom stereocenters. The predicted octanol–water partition coefficient (Wildman–Crippen LogP) is 0.724. The summed E-state index contributed by atoms with van der Waals surface area (Å²) < 4.78 is 0. The summed E-state index contributed by atoms with van der Waals surface area (Å²) in [7, 11) is 3.41. The molecule has 0 aliphatic carbocycles. The molecule has 0 radical (unpaired) electrons. The zero-order chi connectivity index (χ0) is 18.6. The number of guanidine groups is 1. The zero-order valence-corrected chi connectivity index (χ0v) is 15.5. The Bertz CT molecular complexity index is 700. The van der Waals surface area contributed by atoms with E-state index < -0.39 is 0 Å². The molecule has 0 saturated carbocycles. The number of rotatable bonds is 3. The number of benzene rings is 1. The minimum atomic E-state index is -0.0846. The number of likely N-dealkylation sites (tertiary alicyclic amines) is 1. The first kappa shape index (κ1) is 18.2. The summed E-state index contributed by atoms with van der Waals surface area (Å²) in [4.78, 5) is 29.9. The number of aliphatic imine (C=N–C) groups is 1. The molecule has 1 atom stereocenters. The van der Waals surface area contributed by atoms with Gasteiger partial charge in [0.05, 0.1) is 0 Å². The van der Waals surface area contributed by atoms with E-state index in [1.54, 1.807) is 14.1 Å². The molecule has 2 fully saturated rings. The van der Waals surface area contributed by atoms with Crippen LogP contribution in [0.4, 0.5) is 0 Å². The molecular weight excluding hydrogens is 330 g/mol. The van der Waals surface area contributed by atoms with Gasteiger partial charge in [-0.05, 0) is 30.5 Å². The Balaban J connectivity index is 1.59. The highest BCUT2D eigenvalue weighted by atomic mass is 16.2. The smallest absolute Gasteiger partial charge is 0.251 e. The SMILES string of the molecule is CN=C(NCc1ccc(C(=O)NC)cc1)N1CCCC2(CNC(=O)C2)C1. The lowest BCUT2D eigenvalue weighted by Gasteiger charge is -2.40. The molecule has 3 N–H and O–H groups in total. The first-order chi connectivity index (χ1) is 12.5. The number of nitrogens with zero attached hydrogens (tertiary/aromatic N) is 2. The number of hydrogen-bond donors (Lipinski definition) is 3. The number of carbonyl (C=O) groups excluding carboxylic acids is 2. The maximum absolute atomic E-state index is 11.7. The Morgan fingerprint density at radius 1 is 1.35 bits per heavy atom. The topological polar surface area (TPSA) is 85.8 Å². The minimum absolute atomic E-state index is 0.0438. The normalized spacial score (nSPS) is 23.1. The van der Waals surface area contributed by atoms with Crippen molar-refractivity contribution < 1.29 is 9.59 Å². The van der Waals surface area contributed by atoms with E-state index in [-0.39, 0.29) is 17.2 Å². The molecule has 1 spiro atoms. The van der Waals surface area contributed by atoms with Crippen molar-refractivity contribution in [2.24, 2.45) is 10.4 Å². The largest absolute Gasteiger partial charge is 0.355 e. The lowest BCUT2D eigenvalue weighted by atomic mass is 9.79. The molecule has 1 aromatic carbocycles. The summed E-state index contributed by atoms with van der Waals surface area (Å²) in [6.07, 6.45) is 2.76. The monoisotopic (exact) mass is 357 g/mol. The van der Waals surface area contributed by atoms with Crippen molar-refractivity contribution in [1.29, 1.82) is 0 Å². The van der Waals surface area contributed by atoms with Gasteiger partial charge < -0.3 is 20.9 Å². The Hall–Kier alpha value is -2.57. The summed E-state index contributed by atoms with van der Waals surface area (Å²) in [6.45, 7) is 3.20. The van der Waals surface area contributed by atoms with Crippen molar-refractivity contribution in [3.8, 4) is 0 Å². The molecule has 1 aromatic rings. The molecule has 0 bridgehead atoms. The van der Waals surface area contributed by atoms with Crippen molar-refractivity contribution >= 4 is 17.8 Å². The third kappa shape index (κ3) is 3.98. The molecule has 26 heavy (non-hydrogen) atoms. The van der Waals surface area contributed by atoms with Gasteiger partial charge in [0.1, 0.15) is 0 Å². The summed E-state index contributed by atoms with van der Waals surface area (Å²) >= 11 is 0. The van der Waals surface area contributed by atoms with Crippen LogP contribution in [0, 0.1) is 5.41 Å². The second-order valence-corrected chi connectivity index (χ2v) is 7.16. The van der Waals surface area contributed by atoms with Crippen LogP contribution in [0.1, 0.15) is 35.2 Å². The zero-order valence-electron chi connectivity index (χ0n) is 15.5. The van der Waals surface area contributed by atoms with E-state index in [1.165, 1.54) is 0 Å². The number of nitrogens with one attached hydrogen (secondary N) is 3. The Labute approximate surface area is 154 Å². The van der Waals surface area contributed by atoms with Crippen LogP contribution in [0.15, 0.2) is 29.3 Å². The van der Waals surface area contributed by atoms with Crippen LogP contribution in [-0.4, -0.2) is 56.4 Å². The van der Waals surface area contributed by atoms with Gasteiger partial charge in [0.2, 0.25) is 5.91 Å². The first-order valence-electron chi connectivity index (χ1n) is 9.08. The molecule has 3 rings (SSSR count). The molecule has 0 aromatic heterocycles. The van der Waals surface area contributed by atoms with Gasteiger partial charge in [-0.3, -0.25) is 14.6 Å². The fraction of sp³-hybridized carbons (Fsp3) is 0.526. The van der Waals surface area contributed by atoms with E-state index in [0.717, 1.165) is 44.0 Å². The van der Waals surface area contributed by atoms with Gasteiger partial charge in [0.15, 0.2) is 5.96 Å². The minimum Gasteiger partial charge on any atom is -0.355 e. The fourth-order valence-electron chi connectivity index (χ4n) is 3.86. The maximum atomic E-state index is 11.7. The average molecular weight is 357 g/mol. The first-order valence-corrected chi connectivity index (χ1v) is 9.08. The summed E-state index contributed by atoms with van der Waals surface area (Å²) in [5, 5.41) is 9.00. The Kier molecular flexibility index (Phi) is 5.44. The van der Waals surface area contributed by atoms with Crippen molar-refractivity contribution in [2.45, 2.75) is 25.8 Å². The van der Waals surface area contributed by atoms with Gasteiger partial charge in [-0.1, -0.05) is 12.1 Å². The number of hydrogen-bond acceptors (Lipinski definition) is 3. The molecule has 2 amide bonds. The summed E-state index contributed by atoms with van der Waals surface area (Å²) in [5.41, 5.74) is 1.78. The average Bonchev–Trinajstić information content (AvgIpc) is 3.02. The van der Waals surface area contributed by atoms with E-state index in [2.05, 4.69) is 25.8 Å². The van der Waals surface area contributed by atoms with E-state index in [1.807, 2.05) is 24.3 Å². The van der Waals surface area contributed by atoms with Crippen LogP contribution >= 0.6 is 0 Å². The van der Waals surface area contributed by atoms with Gasteiger partial charge in [0.25, 0.3) is 5.91 Å². The molecular formula is C19H27N5O2. The second kappa shape index (κ2) is 7.76. The van der Waals surface area contributed by atoms with Gasteiger partial charge in [-0.25, -0.2) is 0 Å². The standard InChI is InChI=1S/C19H27N5O2/c1-20-17(26)15-6-4-14(5-7-15)11-22-18(21-2)24-9-3-8-19(13-24)10-16(25)23-12-19/h4-7H,3,8-13H2,1-2H3,(H,20,26)(H,21,22)(H,23,25). The highest BCUT2D eigenvalue weighted by Gasteiger charge is 2.42. The van der Waals surface area contributed by atoms with E-state index in [9.17, 15) is 9.59 Å². The molecule has 2 heterocycles.